The Balaban J connectivity index is 2.15. The highest BCUT2D eigenvalue weighted by Gasteiger charge is 2.20. The SMILES string of the molecule is COc1ccc([N+](=O)[O-])cc1C(=O)OCC(=O)c1ccccc1Cl. The van der Waals surface area contributed by atoms with Crippen LogP contribution in [0.4, 0.5) is 5.69 Å². The summed E-state index contributed by atoms with van der Waals surface area (Å²) in [5.41, 5.74) is -0.211. The molecule has 0 fully saturated rings. The fourth-order valence-corrected chi connectivity index (χ4v) is 2.18. The smallest absolute Gasteiger partial charge is 0.342 e. The van der Waals surface area contributed by atoms with Gasteiger partial charge in [0.15, 0.2) is 6.61 Å². The number of ketones is 1. The quantitative estimate of drug-likeness (QED) is 0.343. The number of nitrogens with zero attached hydrogens (tertiary/aromatic N) is 1. The molecule has 24 heavy (non-hydrogen) atoms. The van der Waals surface area contributed by atoms with Gasteiger partial charge in [-0.25, -0.2) is 4.79 Å². The molecule has 0 atom stereocenters. The number of non-ortho nitro benzene ring substituents is 1. The van der Waals surface area contributed by atoms with Crippen LogP contribution >= 0.6 is 11.6 Å². The van der Waals surface area contributed by atoms with E-state index in [-0.39, 0.29) is 27.6 Å². The number of carbonyl (C=O) groups excluding carboxylic acids is 2. The number of benzene rings is 2. The molecule has 0 spiro atoms. The highest BCUT2D eigenvalue weighted by Crippen LogP contribution is 2.25. The summed E-state index contributed by atoms with van der Waals surface area (Å²) in [7, 11) is 1.31. The van der Waals surface area contributed by atoms with Crippen LogP contribution in [-0.2, 0) is 4.74 Å². The summed E-state index contributed by atoms with van der Waals surface area (Å²) in [5, 5.41) is 11.0. The van der Waals surface area contributed by atoms with Crippen molar-refractivity contribution in [1.29, 1.82) is 0 Å². The first-order valence-corrected chi connectivity index (χ1v) is 7.09. The second-order valence-corrected chi connectivity index (χ2v) is 5.03. The molecule has 0 aromatic heterocycles. The summed E-state index contributed by atoms with van der Waals surface area (Å²) in [6.07, 6.45) is 0. The van der Waals surface area contributed by atoms with Crippen molar-refractivity contribution in [1.82, 2.24) is 0 Å². The normalized spacial score (nSPS) is 10.1. The van der Waals surface area contributed by atoms with Gasteiger partial charge in [-0.15, -0.1) is 0 Å². The molecule has 0 amide bonds. The van der Waals surface area contributed by atoms with Gasteiger partial charge >= 0.3 is 5.97 Å². The molecule has 2 rings (SSSR count). The summed E-state index contributed by atoms with van der Waals surface area (Å²) >= 11 is 5.90. The summed E-state index contributed by atoms with van der Waals surface area (Å²) < 4.78 is 9.91. The van der Waals surface area contributed by atoms with Crippen molar-refractivity contribution in [2.24, 2.45) is 0 Å². The highest BCUT2D eigenvalue weighted by atomic mass is 35.5. The second-order valence-electron chi connectivity index (χ2n) is 4.62. The third-order valence-electron chi connectivity index (χ3n) is 3.12. The van der Waals surface area contributed by atoms with Gasteiger partial charge in [0, 0.05) is 17.7 Å². The van der Waals surface area contributed by atoms with Crippen molar-refractivity contribution in [3.05, 3.63) is 68.7 Å². The zero-order valence-electron chi connectivity index (χ0n) is 12.5. The van der Waals surface area contributed by atoms with E-state index >= 15 is 0 Å². The fraction of sp³-hybridized carbons (Fsp3) is 0.125. The maximum atomic E-state index is 12.1. The summed E-state index contributed by atoms with van der Waals surface area (Å²) in [6.45, 7) is -0.547. The first-order chi connectivity index (χ1) is 11.4. The van der Waals surface area contributed by atoms with Gasteiger partial charge in [0.2, 0.25) is 5.78 Å². The van der Waals surface area contributed by atoms with Gasteiger partial charge in [-0.2, -0.15) is 0 Å². The Morgan fingerprint density at radius 1 is 1.17 bits per heavy atom. The third-order valence-corrected chi connectivity index (χ3v) is 3.45. The third kappa shape index (κ3) is 3.88. The van der Waals surface area contributed by atoms with Crippen molar-refractivity contribution in [2.75, 3.05) is 13.7 Å². The fourth-order valence-electron chi connectivity index (χ4n) is 1.94. The molecule has 0 aliphatic carbocycles. The molecule has 0 bridgehead atoms. The van der Waals surface area contributed by atoms with Gasteiger partial charge < -0.3 is 9.47 Å². The molecule has 0 radical (unpaired) electrons. The molecule has 124 valence electrons. The van der Waals surface area contributed by atoms with Crippen LogP contribution in [0.5, 0.6) is 5.75 Å². The van der Waals surface area contributed by atoms with Gasteiger partial charge in [0.1, 0.15) is 11.3 Å². The molecule has 0 saturated carbocycles. The van der Waals surface area contributed by atoms with Crippen molar-refractivity contribution in [3.8, 4) is 5.75 Å². The first kappa shape index (κ1) is 17.4. The summed E-state index contributed by atoms with van der Waals surface area (Å²) in [4.78, 5) is 34.3. The van der Waals surface area contributed by atoms with E-state index < -0.39 is 23.3 Å². The molecule has 0 heterocycles. The minimum Gasteiger partial charge on any atom is -0.496 e. The van der Waals surface area contributed by atoms with Crippen LogP contribution in [0.1, 0.15) is 20.7 Å². The van der Waals surface area contributed by atoms with Gasteiger partial charge in [-0.3, -0.25) is 14.9 Å². The topological polar surface area (TPSA) is 95.7 Å². The molecular formula is C16H12ClNO6. The van der Waals surface area contributed by atoms with Gasteiger partial charge in [-0.05, 0) is 18.2 Å². The molecule has 0 unspecified atom stereocenters. The van der Waals surface area contributed by atoms with Crippen LogP contribution < -0.4 is 4.74 Å². The zero-order chi connectivity index (χ0) is 17.7. The predicted octanol–water partition coefficient (Wildman–Crippen LogP) is 3.30. The van der Waals surface area contributed by atoms with Crippen molar-refractivity contribution in [2.45, 2.75) is 0 Å². The molecule has 2 aromatic carbocycles. The number of halogens is 1. The van der Waals surface area contributed by atoms with E-state index in [1.54, 1.807) is 18.2 Å². The Bertz CT molecular complexity index is 805. The number of ether oxygens (including phenoxy) is 2. The first-order valence-electron chi connectivity index (χ1n) is 6.71. The van der Waals surface area contributed by atoms with Crippen LogP contribution in [0.15, 0.2) is 42.5 Å². The van der Waals surface area contributed by atoms with E-state index in [2.05, 4.69) is 0 Å². The summed E-state index contributed by atoms with van der Waals surface area (Å²) in [6, 6.07) is 9.85. The number of carbonyl (C=O) groups is 2. The average Bonchev–Trinajstić information content (AvgIpc) is 2.59. The zero-order valence-corrected chi connectivity index (χ0v) is 13.3. The van der Waals surface area contributed by atoms with Crippen molar-refractivity contribution in [3.63, 3.8) is 0 Å². The molecule has 8 heteroatoms. The Morgan fingerprint density at radius 3 is 2.50 bits per heavy atom. The minimum atomic E-state index is -0.907. The number of methoxy groups -OCH3 is 1. The number of rotatable bonds is 6. The van der Waals surface area contributed by atoms with Crippen molar-refractivity contribution < 1.29 is 24.0 Å². The predicted molar refractivity (Wildman–Crippen MR) is 85.7 cm³/mol. The largest absolute Gasteiger partial charge is 0.496 e. The minimum absolute atomic E-state index is 0.107. The lowest BCUT2D eigenvalue weighted by Crippen LogP contribution is -2.15. The van der Waals surface area contributed by atoms with E-state index in [4.69, 9.17) is 21.1 Å². The maximum Gasteiger partial charge on any atom is 0.342 e. The molecule has 0 aliphatic rings. The Labute approximate surface area is 141 Å². The Morgan fingerprint density at radius 2 is 1.88 bits per heavy atom. The van der Waals surface area contributed by atoms with Gasteiger partial charge in [0.05, 0.1) is 17.1 Å². The second kappa shape index (κ2) is 7.56. The number of esters is 1. The standard InChI is InChI=1S/C16H12ClNO6/c1-23-15-7-6-10(18(21)22)8-12(15)16(20)24-9-14(19)11-4-2-3-5-13(11)17/h2-8H,9H2,1H3. The maximum absolute atomic E-state index is 12.1. The van der Waals surface area contributed by atoms with Gasteiger partial charge in [0.25, 0.3) is 5.69 Å². The monoisotopic (exact) mass is 349 g/mol. The Hall–Kier alpha value is -2.93. The molecule has 2 aromatic rings. The Kier molecular flexibility index (Phi) is 5.49. The molecular weight excluding hydrogens is 338 g/mol. The number of nitro groups is 1. The van der Waals surface area contributed by atoms with Crippen LogP contribution in [0.2, 0.25) is 5.02 Å². The summed E-state index contributed by atoms with van der Waals surface area (Å²) in [5.74, 6) is -1.29. The van der Waals surface area contributed by atoms with Crippen molar-refractivity contribution >= 4 is 29.0 Å². The number of nitro benzene ring substituents is 1. The lowest BCUT2D eigenvalue weighted by molar-refractivity contribution is -0.384. The van der Waals surface area contributed by atoms with E-state index in [1.165, 1.54) is 25.3 Å². The number of Topliss-reactive ketones (excluding diaryl/α,β-unsaturated/α-hetero) is 1. The van der Waals surface area contributed by atoms with Crippen LogP contribution in [0, 0.1) is 10.1 Å². The van der Waals surface area contributed by atoms with E-state index in [0.717, 1.165) is 6.07 Å². The lowest BCUT2D eigenvalue weighted by atomic mass is 10.1. The van der Waals surface area contributed by atoms with Crippen LogP contribution in [0.3, 0.4) is 0 Å². The van der Waals surface area contributed by atoms with E-state index in [1.807, 2.05) is 0 Å². The molecule has 0 saturated heterocycles. The molecule has 0 aliphatic heterocycles. The van der Waals surface area contributed by atoms with Crippen LogP contribution in [0.25, 0.3) is 0 Å². The van der Waals surface area contributed by atoms with Crippen LogP contribution in [-0.4, -0.2) is 30.4 Å². The molecule has 0 N–H and O–H groups in total. The average molecular weight is 350 g/mol. The lowest BCUT2D eigenvalue weighted by Gasteiger charge is -2.09. The van der Waals surface area contributed by atoms with E-state index in [9.17, 15) is 19.7 Å². The number of hydrogen-bond donors (Lipinski definition) is 0. The van der Waals surface area contributed by atoms with Gasteiger partial charge in [-0.1, -0.05) is 23.7 Å². The number of hydrogen-bond acceptors (Lipinski definition) is 6. The highest BCUT2D eigenvalue weighted by molar-refractivity contribution is 6.34. The van der Waals surface area contributed by atoms with E-state index in [0.29, 0.717) is 0 Å². The molecule has 7 nitrogen and oxygen atoms in total.